The lowest BCUT2D eigenvalue weighted by Crippen LogP contribution is -2.36. The van der Waals surface area contributed by atoms with Crippen molar-refractivity contribution in [2.45, 2.75) is 26.5 Å². The lowest BCUT2D eigenvalue weighted by Gasteiger charge is -2.15. The van der Waals surface area contributed by atoms with E-state index in [1.807, 2.05) is 12.3 Å². The molecule has 0 aliphatic carbocycles. The van der Waals surface area contributed by atoms with E-state index in [0.717, 1.165) is 10.7 Å². The Morgan fingerprint density at radius 3 is 2.90 bits per heavy atom. The second kappa shape index (κ2) is 7.11. The van der Waals surface area contributed by atoms with E-state index >= 15 is 0 Å². The predicted octanol–water partition coefficient (Wildman–Crippen LogP) is 3.84. The van der Waals surface area contributed by atoms with E-state index in [0.29, 0.717) is 22.3 Å². The lowest BCUT2D eigenvalue weighted by molar-refractivity contribution is -0.127. The van der Waals surface area contributed by atoms with Crippen LogP contribution in [0.3, 0.4) is 0 Å². The van der Waals surface area contributed by atoms with Crippen LogP contribution in [0.25, 0.3) is 0 Å². The van der Waals surface area contributed by atoms with E-state index in [2.05, 4.69) is 10.3 Å². The van der Waals surface area contributed by atoms with Crippen molar-refractivity contribution in [3.63, 3.8) is 0 Å². The molecule has 0 aliphatic rings. The van der Waals surface area contributed by atoms with Crippen LogP contribution in [0.15, 0.2) is 23.6 Å². The SMILES string of the molecule is Cc1nc(CNC(=O)C(C)Oc2cccc(Cl)c2Cl)cs1. The molecule has 1 aromatic carbocycles. The quantitative estimate of drug-likeness (QED) is 0.896. The molecule has 0 saturated carbocycles. The van der Waals surface area contributed by atoms with Crippen LogP contribution in [0.1, 0.15) is 17.6 Å². The molecule has 1 atom stereocenters. The molecule has 0 spiro atoms. The molecule has 112 valence electrons. The number of hydrogen-bond donors (Lipinski definition) is 1. The topological polar surface area (TPSA) is 51.2 Å². The summed E-state index contributed by atoms with van der Waals surface area (Å²) in [5, 5.41) is 6.34. The molecule has 7 heteroatoms. The summed E-state index contributed by atoms with van der Waals surface area (Å²) >= 11 is 13.5. The normalized spacial score (nSPS) is 12.0. The molecule has 1 aromatic heterocycles. The number of aryl methyl sites for hydroxylation is 1. The molecular formula is C14H14Cl2N2O2S. The third-order valence-corrected chi connectivity index (χ3v) is 4.32. The summed E-state index contributed by atoms with van der Waals surface area (Å²) in [6.45, 7) is 3.95. The molecule has 0 bridgehead atoms. The second-order valence-electron chi connectivity index (χ2n) is 4.39. The molecule has 2 rings (SSSR count). The highest BCUT2D eigenvalue weighted by molar-refractivity contribution is 7.09. The molecule has 0 fully saturated rings. The number of ether oxygens (including phenoxy) is 1. The van der Waals surface area contributed by atoms with E-state index < -0.39 is 6.10 Å². The number of thiazole rings is 1. The molecule has 0 radical (unpaired) electrons. The van der Waals surface area contributed by atoms with Crippen molar-refractivity contribution in [1.82, 2.24) is 10.3 Å². The molecular weight excluding hydrogens is 331 g/mol. The first kappa shape index (κ1) is 16.1. The van der Waals surface area contributed by atoms with Gasteiger partial charge in [-0.25, -0.2) is 4.98 Å². The fraction of sp³-hybridized carbons (Fsp3) is 0.286. The number of nitrogens with one attached hydrogen (secondary N) is 1. The van der Waals surface area contributed by atoms with Gasteiger partial charge in [0.25, 0.3) is 5.91 Å². The Kier molecular flexibility index (Phi) is 5.45. The first-order chi connectivity index (χ1) is 9.97. The Morgan fingerprint density at radius 1 is 1.48 bits per heavy atom. The number of amides is 1. The van der Waals surface area contributed by atoms with Crippen LogP contribution in [-0.4, -0.2) is 17.0 Å². The summed E-state index contributed by atoms with van der Waals surface area (Å²) in [6.07, 6.45) is -0.680. The van der Waals surface area contributed by atoms with Crippen LogP contribution in [0.5, 0.6) is 5.75 Å². The van der Waals surface area contributed by atoms with Crippen molar-refractivity contribution in [3.8, 4) is 5.75 Å². The summed E-state index contributed by atoms with van der Waals surface area (Å²) < 4.78 is 5.54. The van der Waals surface area contributed by atoms with Crippen LogP contribution < -0.4 is 10.1 Å². The van der Waals surface area contributed by atoms with Gasteiger partial charge in [-0.05, 0) is 26.0 Å². The molecule has 21 heavy (non-hydrogen) atoms. The van der Waals surface area contributed by atoms with E-state index in [-0.39, 0.29) is 5.91 Å². The standard InChI is InChI=1S/C14H14Cl2N2O2S/c1-8(20-12-5-3-4-11(15)13(12)16)14(19)17-6-10-7-21-9(2)18-10/h3-5,7-8H,6H2,1-2H3,(H,17,19). The zero-order valence-electron chi connectivity index (χ0n) is 11.5. The summed E-state index contributed by atoms with van der Waals surface area (Å²) in [5.41, 5.74) is 0.832. The Balaban J connectivity index is 1.92. The summed E-state index contributed by atoms with van der Waals surface area (Å²) in [4.78, 5) is 16.3. The molecule has 1 N–H and O–H groups in total. The summed E-state index contributed by atoms with van der Waals surface area (Å²) in [6, 6.07) is 5.04. The highest BCUT2D eigenvalue weighted by atomic mass is 35.5. The zero-order valence-corrected chi connectivity index (χ0v) is 13.9. The Morgan fingerprint density at radius 2 is 2.24 bits per heavy atom. The van der Waals surface area contributed by atoms with Gasteiger partial charge in [-0.1, -0.05) is 29.3 Å². The number of nitrogens with zero attached hydrogens (tertiary/aromatic N) is 1. The third kappa shape index (κ3) is 4.33. The number of halogens is 2. The maximum Gasteiger partial charge on any atom is 0.261 e. The number of rotatable bonds is 5. The van der Waals surface area contributed by atoms with Gasteiger partial charge in [0.1, 0.15) is 10.8 Å². The van der Waals surface area contributed by atoms with Gasteiger partial charge in [0.15, 0.2) is 6.10 Å². The average molecular weight is 345 g/mol. The molecule has 1 amide bonds. The predicted molar refractivity (Wildman–Crippen MR) is 85.2 cm³/mol. The van der Waals surface area contributed by atoms with Gasteiger partial charge in [-0.3, -0.25) is 4.79 Å². The number of carbonyl (C=O) groups is 1. The van der Waals surface area contributed by atoms with Gasteiger partial charge in [-0.15, -0.1) is 11.3 Å². The maximum absolute atomic E-state index is 12.0. The molecule has 0 saturated heterocycles. The number of hydrogen-bond acceptors (Lipinski definition) is 4. The maximum atomic E-state index is 12.0. The number of aromatic nitrogens is 1. The fourth-order valence-electron chi connectivity index (χ4n) is 1.63. The lowest BCUT2D eigenvalue weighted by atomic mass is 10.3. The minimum Gasteiger partial charge on any atom is -0.479 e. The van der Waals surface area contributed by atoms with Gasteiger partial charge in [0.2, 0.25) is 0 Å². The van der Waals surface area contributed by atoms with Crippen molar-refractivity contribution < 1.29 is 9.53 Å². The van der Waals surface area contributed by atoms with Crippen molar-refractivity contribution in [3.05, 3.63) is 44.3 Å². The van der Waals surface area contributed by atoms with E-state index in [9.17, 15) is 4.79 Å². The minimum atomic E-state index is -0.680. The smallest absolute Gasteiger partial charge is 0.261 e. The molecule has 2 aromatic rings. The largest absolute Gasteiger partial charge is 0.479 e. The van der Waals surface area contributed by atoms with Gasteiger partial charge >= 0.3 is 0 Å². The second-order valence-corrected chi connectivity index (χ2v) is 6.24. The van der Waals surface area contributed by atoms with Crippen molar-refractivity contribution in [2.24, 2.45) is 0 Å². The minimum absolute atomic E-state index is 0.239. The first-order valence-corrected chi connectivity index (χ1v) is 7.90. The Labute approximate surface area is 137 Å². The van der Waals surface area contributed by atoms with E-state index in [4.69, 9.17) is 27.9 Å². The van der Waals surface area contributed by atoms with Crippen LogP contribution in [-0.2, 0) is 11.3 Å². The van der Waals surface area contributed by atoms with Crippen LogP contribution in [0.4, 0.5) is 0 Å². The Hall–Kier alpha value is -1.30. The van der Waals surface area contributed by atoms with Gasteiger partial charge < -0.3 is 10.1 Å². The van der Waals surface area contributed by atoms with Gasteiger partial charge in [0, 0.05) is 5.38 Å². The molecule has 4 nitrogen and oxygen atoms in total. The van der Waals surface area contributed by atoms with Crippen molar-refractivity contribution >= 4 is 40.4 Å². The monoisotopic (exact) mass is 344 g/mol. The van der Waals surface area contributed by atoms with Gasteiger partial charge in [-0.2, -0.15) is 0 Å². The molecule has 0 aliphatic heterocycles. The number of carbonyl (C=O) groups excluding carboxylic acids is 1. The fourth-order valence-corrected chi connectivity index (χ4v) is 2.58. The highest BCUT2D eigenvalue weighted by Crippen LogP contribution is 2.32. The summed E-state index contributed by atoms with van der Waals surface area (Å²) in [5.74, 6) is 0.146. The third-order valence-electron chi connectivity index (χ3n) is 2.70. The molecule has 1 unspecified atom stereocenters. The van der Waals surface area contributed by atoms with Crippen molar-refractivity contribution in [2.75, 3.05) is 0 Å². The highest BCUT2D eigenvalue weighted by Gasteiger charge is 2.17. The van der Waals surface area contributed by atoms with Crippen molar-refractivity contribution in [1.29, 1.82) is 0 Å². The van der Waals surface area contributed by atoms with E-state index in [1.165, 1.54) is 0 Å². The summed E-state index contributed by atoms with van der Waals surface area (Å²) in [7, 11) is 0. The average Bonchev–Trinajstić information content (AvgIpc) is 2.87. The van der Waals surface area contributed by atoms with Crippen LogP contribution in [0.2, 0.25) is 10.0 Å². The Bertz CT molecular complexity index is 646. The van der Waals surface area contributed by atoms with E-state index in [1.54, 1.807) is 36.5 Å². The van der Waals surface area contributed by atoms with Gasteiger partial charge in [0.05, 0.1) is 22.3 Å². The zero-order chi connectivity index (χ0) is 15.4. The van der Waals surface area contributed by atoms with Crippen LogP contribution in [0, 0.1) is 6.92 Å². The van der Waals surface area contributed by atoms with Crippen LogP contribution >= 0.6 is 34.5 Å². The molecule has 1 heterocycles. The number of benzene rings is 1. The first-order valence-electron chi connectivity index (χ1n) is 6.26.